The van der Waals surface area contributed by atoms with Crippen LogP contribution in [0.3, 0.4) is 0 Å². The van der Waals surface area contributed by atoms with Gasteiger partial charge in [-0.2, -0.15) is 0 Å². The van der Waals surface area contributed by atoms with Crippen LogP contribution < -0.4 is 4.74 Å². The molecule has 0 unspecified atom stereocenters. The van der Waals surface area contributed by atoms with Crippen molar-refractivity contribution in [3.8, 4) is 11.4 Å². The number of benzene rings is 1. The molecule has 18 heavy (non-hydrogen) atoms. The number of hydrogen-bond acceptors (Lipinski definition) is 3. The summed E-state index contributed by atoms with van der Waals surface area (Å²) in [5, 5.41) is 0. The molecule has 1 aromatic heterocycles. The van der Waals surface area contributed by atoms with Crippen LogP contribution in [-0.4, -0.2) is 22.9 Å². The molecule has 1 aliphatic carbocycles. The molecule has 1 heterocycles. The summed E-state index contributed by atoms with van der Waals surface area (Å²) in [5.74, 6) is 1.25. The second-order valence-corrected chi connectivity index (χ2v) is 4.52. The molecule has 4 nitrogen and oxygen atoms in total. The lowest BCUT2D eigenvalue weighted by Crippen LogP contribution is -2.01. The molecule has 4 heteroatoms. The van der Waals surface area contributed by atoms with Gasteiger partial charge in [0.15, 0.2) is 6.29 Å². The summed E-state index contributed by atoms with van der Waals surface area (Å²) in [5.41, 5.74) is 2.64. The number of rotatable bonds is 4. The van der Waals surface area contributed by atoms with Crippen LogP contribution in [0.15, 0.2) is 30.9 Å². The predicted octanol–water partition coefficient (Wildman–Crippen LogP) is 2.57. The summed E-state index contributed by atoms with van der Waals surface area (Å²) in [6.45, 7) is 0. The van der Waals surface area contributed by atoms with Crippen LogP contribution >= 0.6 is 0 Å². The molecular formula is C14H14N2O2. The van der Waals surface area contributed by atoms with Crippen molar-refractivity contribution in [2.45, 2.75) is 18.8 Å². The van der Waals surface area contributed by atoms with E-state index in [9.17, 15) is 4.79 Å². The molecule has 3 rings (SSSR count). The number of methoxy groups -OCH3 is 1. The SMILES string of the molecule is COc1cc(C2CC2)cc(-n2ccnc2)c1C=O. The zero-order valence-corrected chi connectivity index (χ0v) is 10.2. The van der Waals surface area contributed by atoms with Gasteiger partial charge in [0.05, 0.1) is 24.7 Å². The maximum atomic E-state index is 11.3. The Kier molecular flexibility index (Phi) is 2.63. The molecule has 0 aliphatic heterocycles. The van der Waals surface area contributed by atoms with Crippen molar-refractivity contribution in [1.82, 2.24) is 9.55 Å². The molecule has 0 N–H and O–H groups in total. The number of hydrogen-bond donors (Lipinski definition) is 0. The molecule has 1 aromatic carbocycles. The summed E-state index contributed by atoms with van der Waals surface area (Å²) < 4.78 is 7.17. The minimum Gasteiger partial charge on any atom is -0.496 e. The maximum absolute atomic E-state index is 11.3. The van der Waals surface area contributed by atoms with Gasteiger partial charge in [0.25, 0.3) is 0 Å². The van der Waals surface area contributed by atoms with Crippen molar-refractivity contribution in [3.63, 3.8) is 0 Å². The molecule has 0 spiro atoms. The first kappa shape index (κ1) is 11.0. The van der Waals surface area contributed by atoms with Gasteiger partial charge in [-0.25, -0.2) is 4.98 Å². The fraction of sp³-hybridized carbons (Fsp3) is 0.286. The van der Waals surface area contributed by atoms with Gasteiger partial charge in [0, 0.05) is 12.4 Å². The van der Waals surface area contributed by atoms with Crippen LogP contribution in [0.4, 0.5) is 0 Å². The highest BCUT2D eigenvalue weighted by Gasteiger charge is 2.26. The van der Waals surface area contributed by atoms with Crippen molar-refractivity contribution in [3.05, 3.63) is 42.0 Å². The van der Waals surface area contributed by atoms with E-state index in [0.717, 1.165) is 12.0 Å². The number of carbonyl (C=O) groups excluding carboxylic acids is 1. The molecule has 92 valence electrons. The lowest BCUT2D eigenvalue weighted by atomic mass is 10.0. The second kappa shape index (κ2) is 4.29. The van der Waals surface area contributed by atoms with Crippen LogP contribution in [-0.2, 0) is 0 Å². The lowest BCUT2D eigenvalue weighted by molar-refractivity contribution is 0.112. The first-order chi connectivity index (χ1) is 8.83. The number of carbonyl (C=O) groups is 1. The Labute approximate surface area is 105 Å². The zero-order valence-electron chi connectivity index (χ0n) is 10.2. The average molecular weight is 242 g/mol. The molecule has 2 aromatic rings. The monoisotopic (exact) mass is 242 g/mol. The Morgan fingerprint density at radius 1 is 1.44 bits per heavy atom. The first-order valence-electron chi connectivity index (χ1n) is 5.99. The minimum atomic E-state index is 0.569. The number of imidazole rings is 1. The molecule has 1 fully saturated rings. The standard InChI is InChI=1S/C14H14N2O2/c1-18-14-7-11(10-2-3-10)6-13(12(14)8-17)16-5-4-15-9-16/h4-10H,2-3H2,1H3. The Balaban J connectivity index is 2.19. The number of aromatic nitrogens is 2. The van der Waals surface area contributed by atoms with Crippen LogP contribution in [0, 0.1) is 0 Å². The van der Waals surface area contributed by atoms with E-state index < -0.39 is 0 Å². The zero-order chi connectivity index (χ0) is 12.5. The van der Waals surface area contributed by atoms with E-state index in [1.165, 1.54) is 18.4 Å². The molecule has 0 atom stereocenters. The third-order valence-electron chi connectivity index (χ3n) is 3.31. The van der Waals surface area contributed by atoms with Crippen molar-refractivity contribution < 1.29 is 9.53 Å². The topological polar surface area (TPSA) is 44.1 Å². The summed E-state index contributed by atoms with van der Waals surface area (Å²) >= 11 is 0. The number of ether oxygens (including phenoxy) is 1. The van der Waals surface area contributed by atoms with E-state index in [2.05, 4.69) is 11.1 Å². The second-order valence-electron chi connectivity index (χ2n) is 4.52. The van der Waals surface area contributed by atoms with Gasteiger partial charge < -0.3 is 9.30 Å². The van der Waals surface area contributed by atoms with Gasteiger partial charge >= 0.3 is 0 Å². The van der Waals surface area contributed by atoms with E-state index >= 15 is 0 Å². The molecule has 0 amide bonds. The first-order valence-corrected chi connectivity index (χ1v) is 5.99. The van der Waals surface area contributed by atoms with Crippen molar-refractivity contribution in [2.75, 3.05) is 7.11 Å². The van der Waals surface area contributed by atoms with Crippen molar-refractivity contribution in [2.24, 2.45) is 0 Å². The van der Waals surface area contributed by atoms with Crippen LogP contribution in [0.1, 0.15) is 34.7 Å². The quantitative estimate of drug-likeness (QED) is 0.774. The van der Waals surface area contributed by atoms with Crippen molar-refractivity contribution >= 4 is 6.29 Å². The molecule has 0 radical (unpaired) electrons. The van der Waals surface area contributed by atoms with Crippen LogP contribution in [0.5, 0.6) is 5.75 Å². The number of nitrogens with zero attached hydrogens (tertiary/aromatic N) is 2. The van der Waals surface area contributed by atoms with E-state index in [0.29, 0.717) is 17.2 Å². The van der Waals surface area contributed by atoms with Gasteiger partial charge in [0.2, 0.25) is 0 Å². The highest BCUT2D eigenvalue weighted by molar-refractivity contribution is 5.85. The highest BCUT2D eigenvalue weighted by Crippen LogP contribution is 2.42. The molecule has 1 saturated carbocycles. The Bertz CT molecular complexity index is 572. The fourth-order valence-electron chi connectivity index (χ4n) is 2.19. The summed E-state index contributed by atoms with van der Waals surface area (Å²) in [6, 6.07) is 4.04. The smallest absolute Gasteiger partial charge is 0.155 e. The van der Waals surface area contributed by atoms with Gasteiger partial charge in [-0.05, 0) is 36.5 Å². The van der Waals surface area contributed by atoms with Gasteiger partial charge in [-0.15, -0.1) is 0 Å². The third-order valence-corrected chi connectivity index (χ3v) is 3.31. The Hall–Kier alpha value is -2.10. The molecule has 1 aliphatic rings. The average Bonchev–Trinajstić information content (AvgIpc) is 3.12. The minimum absolute atomic E-state index is 0.569. The van der Waals surface area contributed by atoms with Crippen LogP contribution in [0.25, 0.3) is 5.69 Å². The van der Waals surface area contributed by atoms with Crippen LogP contribution in [0.2, 0.25) is 0 Å². The highest BCUT2D eigenvalue weighted by atomic mass is 16.5. The summed E-state index contributed by atoms with van der Waals surface area (Å²) in [4.78, 5) is 15.3. The van der Waals surface area contributed by atoms with Gasteiger partial charge in [-0.3, -0.25) is 4.79 Å². The normalized spacial score (nSPS) is 14.5. The molecule has 0 bridgehead atoms. The Morgan fingerprint density at radius 2 is 2.28 bits per heavy atom. The van der Waals surface area contributed by atoms with E-state index in [1.54, 1.807) is 19.6 Å². The Morgan fingerprint density at radius 3 is 2.83 bits per heavy atom. The van der Waals surface area contributed by atoms with Gasteiger partial charge in [0.1, 0.15) is 5.75 Å². The molecule has 0 saturated heterocycles. The fourth-order valence-corrected chi connectivity index (χ4v) is 2.19. The molecular weight excluding hydrogens is 228 g/mol. The predicted molar refractivity (Wildman–Crippen MR) is 67.5 cm³/mol. The van der Waals surface area contributed by atoms with E-state index in [-0.39, 0.29) is 0 Å². The van der Waals surface area contributed by atoms with Crippen molar-refractivity contribution in [1.29, 1.82) is 0 Å². The summed E-state index contributed by atoms with van der Waals surface area (Å²) in [6.07, 6.45) is 8.49. The van der Waals surface area contributed by atoms with E-state index in [1.807, 2.05) is 16.8 Å². The maximum Gasteiger partial charge on any atom is 0.155 e. The largest absolute Gasteiger partial charge is 0.496 e. The third kappa shape index (κ3) is 1.79. The van der Waals surface area contributed by atoms with E-state index in [4.69, 9.17) is 4.74 Å². The lowest BCUT2D eigenvalue weighted by Gasteiger charge is -2.13. The van der Waals surface area contributed by atoms with Gasteiger partial charge in [-0.1, -0.05) is 0 Å². The summed E-state index contributed by atoms with van der Waals surface area (Å²) in [7, 11) is 1.59. The number of aldehydes is 1.